The molecule has 1 aliphatic heterocycles. The molecule has 1 aromatic carbocycles. The first-order valence-electron chi connectivity index (χ1n) is 7.98. The molecule has 0 unspecified atom stereocenters. The number of rotatable bonds is 4. The van der Waals surface area contributed by atoms with Crippen LogP contribution in [0.5, 0.6) is 0 Å². The first-order valence-corrected chi connectivity index (χ1v) is 9.06. The Morgan fingerprint density at radius 2 is 1.91 bits per heavy atom. The van der Waals surface area contributed by atoms with Crippen LogP contribution >= 0.6 is 22.6 Å². The monoisotopic (exact) mass is 427 g/mol. The van der Waals surface area contributed by atoms with E-state index in [1.807, 2.05) is 30.3 Å². The zero-order chi connectivity index (χ0) is 17.3. The summed E-state index contributed by atoms with van der Waals surface area (Å²) in [7, 11) is 0. The fraction of sp³-hybridized carbons (Fsp3) is 0.526. The maximum atomic E-state index is 13.0. The average molecular weight is 427 g/mol. The minimum atomic E-state index is -0.472. The molecule has 0 aliphatic carbocycles. The Bertz CT molecular complexity index is 600. The molecule has 0 bridgehead atoms. The second-order valence-electron chi connectivity index (χ2n) is 7.68. The second kappa shape index (κ2) is 6.93. The summed E-state index contributed by atoms with van der Waals surface area (Å²) in [5.74, 6) is 0.0781. The third-order valence-electron chi connectivity index (χ3n) is 4.20. The number of carbonyl (C=O) groups excluding carboxylic acids is 1. The predicted molar refractivity (Wildman–Crippen MR) is 102 cm³/mol. The van der Waals surface area contributed by atoms with Gasteiger partial charge in [0.25, 0.3) is 5.91 Å². The van der Waals surface area contributed by atoms with Gasteiger partial charge in [0.05, 0.1) is 12.0 Å². The summed E-state index contributed by atoms with van der Waals surface area (Å²) in [6.07, 6.45) is 0.819. The molecule has 1 fully saturated rings. The van der Waals surface area contributed by atoms with Crippen molar-refractivity contribution >= 4 is 28.5 Å². The van der Waals surface area contributed by atoms with Crippen molar-refractivity contribution in [2.45, 2.75) is 47.6 Å². The molecular formula is C19H26INO2. The lowest BCUT2D eigenvalue weighted by atomic mass is 9.71. The van der Waals surface area contributed by atoms with Crippen molar-refractivity contribution < 1.29 is 9.63 Å². The van der Waals surface area contributed by atoms with Gasteiger partial charge in [0.15, 0.2) is 0 Å². The van der Waals surface area contributed by atoms with Gasteiger partial charge >= 0.3 is 0 Å². The SMILES string of the molecule is C/C(I)=C1/CN(OCc2ccccc2)C(=O)[C@@]1(C)CC(C)(C)C. The molecule has 0 radical (unpaired) electrons. The third kappa shape index (κ3) is 4.35. The van der Waals surface area contributed by atoms with Gasteiger partial charge in [0.1, 0.15) is 6.61 Å². The largest absolute Gasteiger partial charge is 0.272 e. The minimum absolute atomic E-state index is 0.0781. The van der Waals surface area contributed by atoms with Gasteiger partial charge in [-0.05, 0) is 63.0 Å². The molecule has 126 valence electrons. The number of amides is 1. The van der Waals surface area contributed by atoms with Crippen molar-refractivity contribution in [3.63, 3.8) is 0 Å². The van der Waals surface area contributed by atoms with Crippen molar-refractivity contribution in [1.29, 1.82) is 0 Å². The lowest BCUT2D eigenvalue weighted by molar-refractivity contribution is -0.187. The van der Waals surface area contributed by atoms with Crippen LogP contribution in [0.4, 0.5) is 0 Å². The van der Waals surface area contributed by atoms with E-state index in [2.05, 4.69) is 57.2 Å². The lowest BCUT2D eigenvalue weighted by Crippen LogP contribution is -2.35. The van der Waals surface area contributed by atoms with Gasteiger partial charge in [-0.1, -0.05) is 51.1 Å². The molecule has 0 spiro atoms. The Morgan fingerprint density at radius 1 is 1.30 bits per heavy atom. The Hall–Kier alpha value is -0.880. The lowest BCUT2D eigenvalue weighted by Gasteiger charge is -2.31. The molecule has 3 nitrogen and oxygen atoms in total. The first kappa shape index (κ1) is 18.5. The predicted octanol–water partition coefficient (Wildman–Crippen LogP) is 5.11. The van der Waals surface area contributed by atoms with Gasteiger partial charge in [-0.3, -0.25) is 9.63 Å². The van der Waals surface area contributed by atoms with Crippen molar-refractivity contribution in [2.24, 2.45) is 10.8 Å². The molecule has 0 aromatic heterocycles. The van der Waals surface area contributed by atoms with Crippen molar-refractivity contribution in [1.82, 2.24) is 5.06 Å². The van der Waals surface area contributed by atoms with Gasteiger partial charge in [-0.15, -0.1) is 0 Å². The number of benzene rings is 1. The van der Waals surface area contributed by atoms with E-state index in [1.54, 1.807) is 5.06 Å². The van der Waals surface area contributed by atoms with Crippen LogP contribution in [0.25, 0.3) is 0 Å². The van der Waals surface area contributed by atoms with Crippen LogP contribution in [0.2, 0.25) is 0 Å². The molecular weight excluding hydrogens is 401 g/mol. The van der Waals surface area contributed by atoms with E-state index >= 15 is 0 Å². The zero-order valence-electron chi connectivity index (χ0n) is 14.6. The summed E-state index contributed by atoms with van der Waals surface area (Å²) in [4.78, 5) is 18.8. The smallest absolute Gasteiger partial charge is 0.256 e. The summed E-state index contributed by atoms with van der Waals surface area (Å²) in [5, 5.41) is 1.55. The third-order valence-corrected chi connectivity index (χ3v) is 4.85. The minimum Gasteiger partial charge on any atom is -0.272 e. The number of halogens is 1. The van der Waals surface area contributed by atoms with Gasteiger partial charge in [-0.2, -0.15) is 0 Å². The Morgan fingerprint density at radius 3 is 2.43 bits per heavy atom. The number of hydroxylamine groups is 2. The summed E-state index contributed by atoms with van der Waals surface area (Å²) in [5.41, 5.74) is 1.87. The van der Waals surface area contributed by atoms with Crippen LogP contribution in [-0.4, -0.2) is 17.5 Å². The van der Waals surface area contributed by atoms with E-state index in [0.29, 0.717) is 13.2 Å². The van der Waals surface area contributed by atoms with Crippen molar-refractivity contribution in [3.8, 4) is 0 Å². The molecule has 0 saturated carbocycles. The van der Waals surface area contributed by atoms with E-state index in [1.165, 1.54) is 9.15 Å². The topological polar surface area (TPSA) is 29.5 Å². The Balaban J connectivity index is 2.18. The maximum Gasteiger partial charge on any atom is 0.256 e. The number of nitrogens with zero attached hydrogens (tertiary/aromatic N) is 1. The van der Waals surface area contributed by atoms with Gasteiger partial charge in [0, 0.05) is 0 Å². The number of hydrogen-bond acceptors (Lipinski definition) is 2. The molecule has 2 rings (SSSR count). The van der Waals surface area contributed by atoms with E-state index in [9.17, 15) is 4.79 Å². The number of hydrogen-bond donors (Lipinski definition) is 0. The molecule has 1 heterocycles. The Kier molecular flexibility index (Phi) is 5.56. The van der Waals surface area contributed by atoms with E-state index in [4.69, 9.17) is 4.84 Å². The van der Waals surface area contributed by atoms with Crippen molar-refractivity contribution in [2.75, 3.05) is 6.54 Å². The standard InChI is InChI=1S/C19H26INO2/c1-14(20)16-11-21(23-12-15-9-7-6-8-10-15)17(22)19(16,5)13-18(2,3)4/h6-10H,11-13H2,1-5H3/b16-14+/t19-/m0/s1. The normalized spacial score (nSPS) is 24.3. The van der Waals surface area contributed by atoms with Crippen LogP contribution < -0.4 is 0 Å². The maximum absolute atomic E-state index is 13.0. The second-order valence-corrected chi connectivity index (χ2v) is 9.30. The van der Waals surface area contributed by atoms with E-state index in [0.717, 1.165) is 12.0 Å². The molecule has 1 saturated heterocycles. The summed E-state index contributed by atoms with van der Waals surface area (Å²) < 4.78 is 1.19. The molecule has 0 N–H and O–H groups in total. The molecule has 1 aromatic rings. The highest BCUT2D eigenvalue weighted by Crippen LogP contribution is 2.47. The summed E-state index contributed by atoms with van der Waals surface area (Å²) in [6.45, 7) is 11.7. The fourth-order valence-corrected chi connectivity index (χ4v) is 4.12. The molecule has 1 atom stereocenters. The quantitative estimate of drug-likeness (QED) is 0.625. The summed E-state index contributed by atoms with van der Waals surface area (Å²) in [6, 6.07) is 9.96. The highest BCUT2D eigenvalue weighted by molar-refractivity contribution is 14.1. The first-order chi connectivity index (χ1) is 10.6. The fourth-order valence-electron chi connectivity index (χ4n) is 3.36. The summed E-state index contributed by atoms with van der Waals surface area (Å²) >= 11 is 2.33. The number of allylic oxidation sites excluding steroid dienone is 1. The highest BCUT2D eigenvalue weighted by Gasteiger charge is 2.49. The molecule has 1 amide bonds. The highest BCUT2D eigenvalue weighted by atomic mass is 127. The van der Waals surface area contributed by atoms with Crippen LogP contribution in [0.1, 0.15) is 46.6 Å². The molecule has 23 heavy (non-hydrogen) atoms. The van der Waals surface area contributed by atoms with E-state index < -0.39 is 5.41 Å². The van der Waals surface area contributed by atoms with Crippen LogP contribution in [0.15, 0.2) is 39.5 Å². The van der Waals surface area contributed by atoms with Crippen molar-refractivity contribution in [3.05, 3.63) is 45.0 Å². The van der Waals surface area contributed by atoms with E-state index in [-0.39, 0.29) is 11.3 Å². The van der Waals surface area contributed by atoms with Gasteiger partial charge < -0.3 is 0 Å². The van der Waals surface area contributed by atoms with Crippen LogP contribution in [0.3, 0.4) is 0 Å². The van der Waals surface area contributed by atoms with Crippen LogP contribution in [0, 0.1) is 10.8 Å². The number of carbonyl (C=O) groups is 1. The van der Waals surface area contributed by atoms with Crippen LogP contribution in [-0.2, 0) is 16.2 Å². The average Bonchev–Trinajstić information content (AvgIpc) is 2.68. The molecule has 1 aliphatic rings. The zero-order valence-corrected chi connectivity index (χ0v) is 16.8. The van der Waals surface area contributed by atoms with Gasteiger partial charge in [-0.25, -0.2) is 5.06 Å². The molecule has 4 heteroatoms. The Labute approximate surface area is 153 Å². The van der Waals surface area contributed by atoms with Gasteiger partial charge in [0.2, 0.25) is 0 Å².